The van der Waals surface area contributed by atoms with E-state index in [1.165, 1.54) is 0 Å². The molecule has 0 spiro atoms. The van der Waals surface area contributed by atoms with Crippen molar-refractivity contribution in [1.29, 1.82) is 0 Å². The summed E-state index contributed by atoms with van der Waals surface area (Å²) in [5, 5.41) is 19.5. The van der Waals surface area contributed by atoms with Gasteiger partial charge in [0.15, 0.2) is 0 Å². The van der Waals surface area contributed by atoms with Crippen LogP contribution < -0.4 is 4.74 Å². The van der Waals surface area contributed by atoms with Gasteiger partial charge >= 0.3 is 5.97 Å². The molecule has 0 aliphatic rings. The largest absolute Gasteiger partial charge is 0.494 e. The zero-order valence-electron chi connectivity index (χ0n) is 9.07. The highest BCUT2D eigenvalue weighted by molar-refractivity contribution is 5.82. The molecule has 0 saturated carbocycles. The van der Waals surface area contributed by atoms with Gasteiger partial charge in [-0.05, 0) is 24.3 Å². The number of hydrogen-bond acceptors (Lipinski definition) is 5. The van der Waals surface area contributed by atoms with Gasteiger partial charge in [0.1, 0.15) is 5.75 Å². The third kappa shape index (κ3) is 2.39. The van der Waals surface area contributed by atoms with Gasteiger partial charge in [-0.3, -0.25) is 0 Å². The summed E-state index contributed by atoms with van der Waals surface area (Å²) in [6.45, 7) is 2.43. The molecule has 0 amide bonds. The fourth-order valence-corrected chi connectivity index (χ4v) is 1.27. The van der Waals surface area contributed by atoms with Crippen molar-refractivity contribution in [2.75, 3.05) is 6.61 Å². The lowest BCUT2D eigenvalue weighted by Gasteiger charge is -2.04. The second kappa shape index (κ2) is 4.60. The molecule has 2 aromatic rings. The van der Waals surface area contributed by atoms with Crippen molar-refractivity contribution < 1.29 is 14.6 Å². The number of tetrazole rings is 1. The minimum atomic E-state index is -1.21. The van der Waals surface area contributed by atoms with Gasteiger partial charge < -0.3 is 9.84 Å². The van der Waals surface area contributed by atoms with E-state index in [1.54, 1.807) is 24.3 Å². The predicted molar refractivity (Wildman–Crippen MR) is 57.3 cm³/mol. The molecule has 0 aliphatic heterocycles. The summed E-state index contributed by atoms with van der Waals surface area (Å²) in [5.41, 5.74) is 0.593. The van der Waals surface area contributed by atoms with Gasteiger partial charge in [0.25, 0.3) is 5.82 Å². The Balaban J connectivity index is 2.31. The van der Waals surface area contributed by atoms with Gasteiger partial charge in [-0.25, -0.2) is 4.79 Å². The lowest BCUT2D eigenvalue weighted by molar-refractivity contribution is 0.0683. The highest BCUT2D eigenvalue weighted by atomic mass is 16.5. The van der Waals surface area contributed by atoms with E-state index in [1.807, 2.05) is 6.92 Å². The predicted octanol–water partition coefficient (Wildman–Crippen LogP) is 0.759. The van der Waals surface area contributed by atoms with Crippen LogP contribution in [0.3, 0.4) is 0 Å². The van der Waals surface area contributed by atoms with E-state index in [0.29, 0.717) is 18.0 Å². The molecule has 0 saturated heterocycles. The lowest BCUT2D eigenvalue weighted by atomic mass is 10.3. The molecular weight excluding hydrogens is 224 g/mol. The van der Waals surface area contributed by atoms with Gasteiger partial charge in [-0.15, -0.1) is 15.0 Å². The smallest absolute Gasteiger partial charge is 0.377 e. The lowest BCUT2D eigenvalue weighted by Crippen LogP contribution is -2.02. The molecule has 2 rings (SSSR count). The number of carbonyl (C=O) groups is 1. The number of aromatic carboxylic acids is 1. The minimum absolute atomic E-state index is 0.341. The van der Waals surface area contributed by atoms with Crippen molar-refractivity contribution in [1.82, 2.24) is 20.2 Å². The van der Waals surface area contributed by atoms with Gasteiger partial charge in [-0.2, -0.15) is 0 Å². The first-order valence-corrected chi connectivity index (χ1v) is 4.97. The maximum atomic E-state index is 10.6. The van der Waals surface area contributed by atoms with Crippen LogP contribution in [0, 0.1) is 0 Å². The first-order chi connectivity index (χ1) is 8.20. The Morgan fingerprint density at radius 2 is 2.35 bits per heavy atom. The quantitative estimate of drug-likeness (QED) is 0.839. The monoisotopic (exact) mass is 234 g/mol. The van der Waals surface area contributed by atoms with Gasteiger partial charge in [0, 0.05) is 6.07 Å². The van der Waals surface area contributed by atoms with Gasteiger partial charge in [0.2, 0.25) is 0 Å². The summed E-state index contributed by atoms with van der Waals surface area (Å²) in [4.78, 5) is 11.8. The molecule has 7 heteroatoms. The average molecular weight is 234 g/mol. The highest BCUT2D eigenvalue weighted by Crippen LogP contribution is 2.15. The number of rotatable bonds is 4. The topological polar surface area (TPSA) is 90.1 Å². The van der Waals surface area contributed by atoms with Crippen LogP contribution in [0.2, 0.25) is 0 Å². The summed E-state index contributed by atoms with van der Waals surface area (Å²) in [7, 11) is 0. The molecule has 0 radical (unpaired) electrons. The van der Waals surface area contributed by atoms with Crippen LogP contribution in [0.4, 0.5) is 0 Å². The molecule has 7 nitrogen and oxygen atoms in total. The molecule has 1 aromatic carbocycles. The molecule has 0 unspecified atom stereocenters. The van der Waals surface area contributed by atoms with E-state index in [0.717, 1.165) is 4.80 Å². The maximum absolute atomic E-state index is 10.6. The van der Waals surface area contributed by atoms with Crippen LogP contribution in [-0.4, -0.2) is 37.9 Å². The molecule has 0 bridgehead atoms. The summed E-state index contributed by atoms with van der Waals surface area (Å²) < 4.78 is 5.32. The Morgan fingerprint density at radius 3 is 3.00 bits per heavy atom. The SMILES string of the molecule is CCOc1cccc(-n2nnc(C(=O)O)n2)c1. The van der Waals surface area contributed by atoms with Crippen molar-refractivity contribution in [3.05, 3.63) is 30.1 Å². The molecule has 0 aliphatic carbocycles. The van der Waals surface area contributed by atoms with Gasteiger partial charge in [-0.1, -0.05) is 6.07 Å². The molecule has 1 N–H and O–H groups in total. The average Bonchev–Trinajstić information content (AvgIpc) is 2.79. The van der Waals surface area contributed by atoms with E-state index in [2.05, 4.69) is 15.4 Å². The Kier molecular flexibility index (Phi) is 2.99. The first kappa shape index (κ1) is 11.1. The molecule has 0 fully saturated rings. The third-order valence-electron chi connectivity index (χ3n) is 1.96. The Morgan fingerprint density at radius 1 is 1.53 bits per heavy atom. The van der Waals surface area contributed by atoms with Crippen LogP contribution in [-0.2, 0) is 0 Å². The fraction of sp³-hybridized carbons (Fsp3) is 0.200. The van der Waals surface area contributed by atoms with E-state index in [4.69, 9.17) is 9.84 Å². The third-order valence-corrected chi connectivity index (χ3v) is 1.96. The number of nitrogens with zero attached hydrogens (tertiary/aromatic N) is 4. The summed E-state index contributed by atoms with van der Waals surface area (Å²) in [6.07, 6.45) is 0. The highest BCUT2D eigenvalue weighted by Gasteiger charge is 2.11. The number of carboxylic acid groups (broad SMARTS) is 1. The number of aromatic nitrogens is 4. The minimum Gasteiger partial charge on any atom is -0.494 e. The van der Waals surface area contributed by atoms with Crippen molar-refractivity contribution in [2.24, 2.45) is 0 Å². The zero-order chi connectivity index (χ0) is 12.3. The number of carboxylic acids is 1. The Hall–Kier alpha value is -2.44. The van der Waals surface area contributed by atoms with E-state index >= 15 is 0 Å². The molecular formula is C10H10N4O3. The molecule has 17 heavy (non-hydrogen) atoms. The van der Waals surface area contributed by atoms with Crippen LogP contribution in [0.5, 0.6) is 5.75 Å². The van der Waals surface area contributed by atoms with Crippen LogP contribution in [0.15, 0.2) is 24.3 Å². The van der Waals surface area contributed by atoms with Crippen LogP contribution in [0.1, 0.15) is 17.5 Å². The molecule has 0 atom stereocenters. The number of benzene rings is 1. The summed E-state index contributed by atoms with van der Waals surface area (Å²) >= 11 is 0. The molecule has 1 heterocycles. The van der Waals surface area contributed by atoms with E-state index < -0.39 is 5.97 Å². The Bertz CT molecular complexity index is 538. The second-order valence-corrected chi connectivity index (χ2v) is 3.14. The number of ether oxygens (including phenoxy) is 1. The van der Waals surface area contributed by atoms with E-state index in [-0.39, 0.29) is 5.82 Å². The fourth-order valence-electron chi connectivity index (χ4n) is 1.27. The maximum Gasteiger partial charge on any atom is 0.377 e. The summed E-state index contributed by atoms with van der Waals surface area (Å²) in [6, 6.07) is 7.00. The first-order valence-electron chi connectivity index (χ1n) is 4.97. The van der Waals surface area contributed by atoms with Gasteiger partial charge in [0.05, 0.1) is 12.3 Å². The zero-order valence-corrected chi connectivity index (χ0v) is 9.07. The Labute approximate surface area is 96.6 Å². The second-order valence-electron chi connectivity index (χ2n) is 3.14. The van der Waals surface area contributed by atoms with E-state index in [9.17, 15) is 4.79 Å². The molecule has 88 valence electrons. The normalized spacial score (nSPS) is 10.2. The van der Waals surface area contributed by atoms with Crippen molar-refractivity contribution in [2.45, 2.75) is 6.92 Å². The standard InChI is InChI=1S/C10H10N4O3/c1-2-17-8-5-3-4-7(6-8)14-12-9(10(15)16)11-13-14/h3-6H,2H2,1H3,(H,15,16). The van der Waals surface area contributed by atoms with Crippen molar-refractivity contribution >= 4 is 5.97 Å². The van der Waals surface area contributed by atoms with Crippen molar-refractivity contribution in [3.8, 4) is 11.4 Å². The van der Waals surface area contributed by atoms with Crippen LogP contribution in [0.25, 0.3) is 5.69 Å². The van der Waals surface area contributed by atoms with Crippen molar-refractivity contribution in [3.63, 3.8) is 0 Å². The summed E-state index contributed by atoms with van der Waals surface area (Å²) in [5.74, 6) is -0.886. The van der Waals surface area contributed by atoms with Crippen LogP contribution >= 0.6 is 0 Å². The number of hydrogen-bond donors (Lipinski definition) is 1. The molecule has 1 aromatic heterocycles.